The average Bonchev–Trinajstić information content (AvgIpc) is 2.77. The highest BCUT2D eigenvalue weighted by molar-refractivity contribution is 5.12. The van der Waals surface area contributed by atoms with Gasteiger partial charge in [-0.05, 0) is 44.6 Å². The molecule has 102 valence electrons. The zero-order valence-corrected chi connectivity index (χ0v) is 11.7. The predicted octanol–water partition coefficient (Wildman–Crippen LogP) is 3.47. The first-order valence-corrected chi connectivity index (χ1v) is 7.44. The fourth-order valence-corrected chi connectivity index (χ4v) is 3.33. The minimum Gasteiger partial charge on any atom is -0.384 e. The highest BCUT2D eigenvalue weighted by atomic mass is 16.3. The molecular weight excluding hydrogens is 224 g/mol. The number of aliphatic hydroxyl groups is 1. The second kappa shape index (κ2) is 5.87. The zero-order chi connectivity index (χ0) is 13.0. The third kappa shape index (κ3) is 2.77. The summed E-state index contributed by atoms with van der Waals surface area (Å²) in [6.45, 7) is 5.17. The van der Waals surface area contributed by atoms with Crippen molar-refractivity contribution in [3.63, 3.8) is 0 Å². The van der Waals surface area contributed by atoms with Crippen molar-refractivity contribution in [3.05, 3.63) is 18.0 Å². The summed E-state index contributed by atoms with van der Waals surface area (Å²) in [6, 6.07) is 1.99. The molecule has 1 aliphatic carbocycles. The van der Waals surface area contributed by atoms with Gasteiger partial charge in [0.15, 0.2) is 0 Å². The minimum absolute atomic E-state index is 0.644. The van der Waals surface area contributed by atoms with E-state index < -0.39 is 5.60 Å². The maximum absolute atomic E-state index is 10.9. The summed E-state index contributed by atoms with van der Waals surface area (Å²) in [6.07, 6.45) is 9.72. The summed E-state index contributed by atoms with van der Waals surface area (Å²) in [7, 11) is 0. The highest BCUT2D eigenvalue weighted by Crippen LogP contribution is 2.38. The Labute approximate surface area is 110 Å². The van der Waals surface area contributed by atoms with Crippen molar-refractivity contribution in [1.29, 1.82) is 0 Å². The van der Waals surface area contributed by atoms with Crippen molar-refractivity contribution in [3.8, 4) is 0 Å². The molecule has 0 bridgehead atoms. The first-order chi connectivity index (χ1) is 8.69. The quantitative estimate of drug-likeness (QED) is 0.831. The van der Waals surface area contributed by atoms with Crippen LogP contribution in [0.4, 0.5) is 0 Å². The summed E-state index contributed by atoms with van der Waals surface area (Å²) >= 11 is 0. The molecule has 1 saturated carbocycles. The van der Waals surface area contributed by atoms with Gasteiger partial charge in [0.05, 0.1) is 5.69 Å². The normalized spacial score (nSPS) is 29.2. The molecule has 0 aromatic carbocycles. The van der Waals surface area contributed by atoms with Crippen LogP contribution in [0.25, 0.3) is 0 Å². The predicted molar refractivity (Wildman–Crippen MR) is 73.3 cm³/mol. The molecule has 1 aromatic heterocycles. The summed E-state index contributed by atoms with van der Waals surface area (Å²) in [5.74, 6) is 0.807. The van der Waals surface area contributed by atoms with Gasteiger partial charge in [0.2, 0.25) is 0 Å². The Morgan fingerprint density at radius 1 is 1.39 bits per heavy atom. The van der Waals surface area contributed by atoms with E-state index >= 15 is 0 Å². The molecule has 1 N–H and O–H groups in total. The Bertz CT molecular complexity index is 374. The molecule has 3 heteroatoms. The SMILES string of the molecule is CCCC1CCCC(O)(c2ccnn2CC)CC1. The smallest absolute Gasteiger partial charge is 0.106 e. The van der Waals surface area contributed by atoms with Crippen LogP contribution in [0.1, 0.15) is 64.5 Å². The van der Waals surface area contributed by atoms with E-state index in [1.54, 1.807) is 0 Å². The van der Waals surface area contributed by atoms with E-state index in [4.69, 9.17) is 0 Å². The van der Waals surface area contributed by atoms with E-state index in [2.05, 4.69) is 18.9 Å². The summed E-state index contributed by atoms with van der Waals surface area (Å²) in [4.78, 5) is 0. The molecule has 2 atom stereocenters. The topological polar surface area (TPSA) is 38.1 Å². The van der Waals surface area contributed by atoms with Crippen LogP contribution in [0.3, 0.4) is 0 Å². The molecule has 2 rings (SSSR count). The first kappa shape index (κ1) is 13.6. The Morgan fingerprint density at radius 3 is 2.94 bits per heavy atom. The van der Waals surface area contributed by atoms with E-state index in [1.807, 2.05) is 16.9 Å². The lowest BCUT2D eigenvalue weighted by Gasteiger charge is -2.27. The van der Waals surface area contributed by atoms with Crippen molar-refractivity contribution in [2.75, 3.05) is 0 Å². The van der Waals surface area contributed by atoms with Crippen LogP contribution in [0, 0.1) is 5.92 Å². The minimum atomic E-state index is -0.644. The molecule has 1 aliphatic rings. The molecular formula is C15H26N2O. The van der Waals surface area contributed by atoms with Gasteiger partial charge in [-0.1, -0.05) is 26.2 Å². The maximum Gasteiger partial charge on any atom is 0.106 e. The van der Waals surface area contributed by atoms with Gasteiger partial charge >= 0.3 is 0 Å². The number of hydrogen-bond donors (Lipinski definition) is 1. The largest absolute Gasteiger partial charge is 0.384 e. The van der Waals surface area contributed by atoms with Crippen LogP contribution >= 0.6 is 0 Å². The first-order valence-electron chi connectivity index (χ1n) is 7.44. The number of aryl methyl sites for hydroxylation is 1. The molecule has 1 heterocycles. The van der Waals surface area contributed by atoms with Gasteiger partial charge in [-0.15, -0.1) is 0 Å². The molecule has 0 radical (unpaired) electrons. The van der Waals surface area contributed by atoms with Gasteiger partial charge < -0.3 is 5.11 Å². The van der Waals surface area contributed by atoms with Crippen LogP contribution in [0.2, 0.25) is 0 Å². The van der Waals surface area contributed by atoms with Crippen molar-refractivity contribution in [1.82, 2.24) is 9.78 Å². The standard InChI is InChI=1S/C15H26N2O/c1-3-6-13-7-5-10-15(18,11-8-13)14-9-12-16-17(14)4-2/h9,12-13,18H,3-8,10-11H2,1-2H3. The van der Waals surface area contributed by atoms with Crippen molar-refractivity contribution in [2.24, 2.45) is 5.92 Å². The van der Waals surface area contributed by atoms with Gasteiger partial charge in [0.25, 0.3) is 0 Å². The maximum atomic E-state index is 10.9. The molecule has 1 aromatic rings. The van der Waals surface area contributed by atoms with Crippen LogP contribution in [-0.2, 0) is 12.1 Å². The Hall–Kier alpha value is -0.830. The molecule has 0 spiro atoms. The monoisotopic (exact) mass is 250 g/mol. The van der Waals surface area contributed by atoms with Crippen LogP contribution in [-0.4, -0.2) is 14.9 Å². The summed E-state index contributed by atoms with van der Waals surface area (Å²) in [5, 5.41) is 15.2. The van der Waals surface area contributed by atoms with Crippen LogP contribution in [0.5, 0.6) is 0 Å². The van der Waals surface area contributed by atoms with Crippen LogP contribution < -0.4 is 0 Å². The average molecular weight is 250 g/mol. The molecule has 18 heavy (non-hydrogen) atoms. The molecule has 0 saturated heterocycles. The molecule has 1 fully saturated rings. The van der Waals surface area contributed by atoms with Crippen LogP contribution in [0.15, 0.2) is 12.3 Å². The van der Waals surface area contributed by atoms with E-state index in [-0.39, 0.29) is 0 Å². The third-order valence-corrected chi connectivity index (χ3v) is 4.36. The molecule has 0 amide bonds. The van der Waals surface area contributed by atoms with E-state index in [0.717, 1.165) is 43.8 Å². The Kier molecular flexibility index (Phi) is 4.44. The third-order valence-electron chi connectivity index (χ3n) is 4.36. The van der Waals surface area contributed by atoms with E-state index in [9.17, 15) is 5.11 Å². The van der Waals surface area contributed by atoms with Gasteiger partial charge in [-0.2, -0.15) is 5.10 Å². The highest BCUT2D eigenvalue weighted by Gasteiger charge is 2.34. The molecule has 3 nitrogen and oxygen atoms in total. The van der Waals surface area contributed by atoms with Gasteiger partial charge in [0, 0.05) is 12.7 Å². The zero-order valence-electron chi connectivity index (χ0n) is 11.7. The number of aromatic nitrogens is 2. The summed E-state index contributed by atoms with van der Waals surface area (Å²) in [5.41, 5.74) is 0.372. The Morgan fingerprint density at radius 2 is 2.22 bits per heavy atom. The summed E-state index contributed by atoms with van der Waals surface area (Å²) < 4.78 is 1.94. The number of nitrogens with zero attached hydrogens (tertiary/aromatic N) is 2. The number of hydrogen-bond acceptors (Lipinski definition) is 2. The van der Waals surface area contributed by atoms with Crippen molar-refractivity contribution < 1.29 is 5.11 Å². The fourth-order valence-electron chi connectivity index (χ4n) is 3.33. The lowest BCUT2D eigenvalue weighted by molar-refractivity contribution is 0.0109. The second-order valence-corrected chi connectivity index (χ2v) is 5.65. The number of rotatable bonds is 4. The molecule has 0 aliphatic heterocycles. The van der Waals surface area contributed by atoms with Gasteiger partial charge in [-0.3, -0.25) is 4.68 Å². The van der Waals surface area contributed by atoms with Crippen molar-refractivity contribution >= 4 is 0 Å². The van der Waals surface area contributed by atoms with Gasteiger partial charge in [0.1, 0.15) is 5.60 Å². The lowest BCUT2D eigenvalue weighted by Crippen LogP contribution is -2.28. The fraction of sp³-hybridized carbons (Fsp3) is 0.800. The van der Waals surface area contributed by atoms with E-state index in [0.29, 0.717) is 0 Å². The van der Waals surface area contributed by atoms with Crippen molar-refractivity contribution in [2.45, 2.75) is 70.9 Å². The van der Waals surface area contributed by atoms with Gasteiger partial charge in [-0.25, -0.2) is 0 Å². The Balaban J connectivity index is 2.11. The molecule has 2 unspecified atom stereocenters. The lowest BCUT2D eigenvalue weighted by atomic mass is 9.89. The van der Waals surface area contributed by atoms with E-state index in [1.165, 1.54) is 19.3 Å². The second-order valence-electron chi connectivity index (χ2n) is 5.65.